The number of rotatable bonds is 0. The summed E-state index contributed by atoms with van der Waals surface area (Å²) >= 11 is 0. The molecule has 8 rings (SSSR count). The van der Waals surface area contributed by atoms with Gasteiger partial charge in [-0.15, -0.1) is 25.5 Å². The molecule has 0 amide bonds. The summed E-state index contributed by atoms with van der Waals surface area (Å²) in [5.74, 6) is 6.67. The van der Waals surface area contributed by atoms with E-state index < -0.39 is 0 Å². The van der Waals surface area contributed by atoms with Crippen molar-refractivity contribution < 1.29 is 0 Å². The highest BCUT2D eigenvalue weighted by atomic mass is 15.2. The molecule has 97 heavy (non-hydrogen) atoms. The van der Waals surface area contributed by atoms with E-state index in [9.17, 15) is 0 Å². The molecule has 0 saturated heterocycles. The second kappa shape index (κ2) is 158. The molecule has 1 aliphatic carbocycles. The Bertz CT molecular complexity index is 1420. The van der Waals surface area contributed by atoms with Gasteiger partial charge in [-0.2, -0.15) is 15.3 Å². The Kier molecular flexibility index (Phi) is 211. The monoisotopic (exact) mass is 1360 g/mol. The summed E-state index contributed by atoms with van der Waals surface area (Å²) in [6.45, 7) is 84.0. The molecule has 566 valence electrons. The predicted octanol–water partition coefficient (Wildman–Crippen LogP) is 25.1. The smallest absolute Gasteiger partial charge is 0.160 e. The fourth-order valence-corrected chi connectivity index (χ4v) is 2.17. The molecule has 0 bridgehead atoms. The summed E-state index contributed by atoms with van der Waals surface area (Å²) in [6, 6.07) is 12.9. The lowest BCUT2D eigenvalue weighted by atomic mass is 10.3. The van der Waals surface area contributed by atoms with Crippen LogP contribution in [0.2, 0.25) is 0 Å². The molecule has 0 radical (unpaired) electrons. The molecule has 0 N–H and O–H groups in total. The molecule has 7 heterocycles. The summed E-state index contributed by atoms with van der Waals surface area (Å²) in [7, 11) is 0. The molecule has 17 nitrogen and oxygen atoms in total. The summed E-state index contributed by atoms with van der Waals surface area (Å²) < 4.78 is 0. The third-order valence-electron chi connectivity index (χ3n) is 4.03. The van der Waals surface area contributed by atoms with Gasteiger partial charge >= 0.3 is 0 Å². The first-order valence-corrected chi connectivity index (χ1v) is 35.9. The first-order valence-electron chi connectivity index (χ1n) is 35.9. The van der Waals surface area contributed by atoms with Crippen LogP contribution in [0.15, 0.2) is 192 Å². The van der Waals surface area contributed by atoms with Crippen molar-refractivity contribution >= 4 is 0 Å². The second-order valence-electron chi connectivity index (χ2n) is 21.4. The molecule has 0 aromatic carbocycles. The maximum atomic E-state index is 3.78. The third kappa shape index (κ3) is 384. The average molecular weight is 1360 g/mol. The first kappa shape index (κ1) is 130. The first-order chi connectivity index (χ1) is 46.4. The number of allylic oxidation sites excluding steroid dienone is 6. The van der Waals surface area contributed by atoms with Crippen LogP contribution in [0.1, 0.15) is 283 Å². The molecule has 0 fully saturated rings. The lowest BCUT2D eigenvalue weighted by Gasteiger charge is -1.79. The minimum Gasteiger partial charge on any atom is -0.265 e. The van der Waals surface area contributed by atoms with Crippen LogP contribution in [0.4, 0.5) is 0 Å². The summed E-state index contributed by atoms with van der Waals surface area (Å²) in [4.78, 5) is 32.8. The van der Waals surface area contributed by atoms with Gasteiger partial charge in [0, 0.05) is 55.8 Å². The Hall–Kier alpha value is -7.43. The lowest BCUT2D eigenvalue weighted by molar-refractivity contribution is 0.736. The highest BCUT2D eigenvalue weighted by molar-refractivity contribution is 5.16. The third-order valence-corrected chi connectivity index (χ3v) is 4.03. The van der Waals surface area contributed by atoms with E-state index in [4.69, 9.17) is 0 Å². The molecule has 7 aromatic heterocycles. The van der Waals surface area contributed by atoms with Gasteiger partial charge < -0.3 is 0 Å². The number of nitrogens with zero attached hydrogens (tertiary/aromatic N) is 17. The highest BCUT2D eigenvalue weighted by Gasteiger charge is 1.73. The summed E-state index contributed by atoms with van der Waals surface area (Å²) in [6.07, 6.45) is 41.4. The standard InChI is InChI=1S/C7H8.C5H5N.3C4H4N2.8C4H10.2C3H3N3.C2H2N4.8C2H6/c1-2-4-6-7-5-3-1;1-2-4-6-5-3-1;2*1-2-5-4-6-3-1;1-2-4-6-5-3-1;8*1-4(2)3;1-4-2-6-3-5-1;1-2-5-6-3-4-1;1-3-5-2-6-4-1;8*1-2/h1-6H,7H2;1-5H;3*1-4H;8*4H,1-3H3;2*1-3H;1-2H;8*1-2H3. The zero-order chi connectivity index (χ0) is 79.3. The van der Waals surface area contributed by atoms with Crippen LogP contribution >= 0.6 is 0 Å². The fourth-order valence-electron chi connectivity index (χ4n) is 2.17. The molecule has 0 spiro atoms. The SMILES string of the molecule is C1=CC=CCC=C1.CC.CC.CC.CC.CC.CC.CC.CC.CC(C)C.CC(C)C.CC(C)C.CC(C)C.CC(C)C.CC(C)C.CC(C)C.CC(C)C.c1ccncc1.c1ccnnc1.c1cncnc1.c1cncnc1.c1cnncn1.c1ncncn1.c1nncnn1. The normalized spacial score (nSPS) is 8.16. The van der Waals surface area contributed by atoms with E-state index >= 15 is 0 Å². The van der Waals surface area contributed by atoms with E-state index in [0.29, 0.717) is 0 Å². The molecule has 0 aliphatic heterocycles. The Balaban J connectivity index is -0.0000000510. The number of aromatic nitrogens is 17. The largest absolute Gasteiger partial charge is 0.265 e. The van der Waals surface area contributed by atoms with Gasteiger partial charge in [0.05, 0.1) is 6.20 Å². The Morgan fingerprint density at radius 1 is 0.165 bits per heavy atom. The van der Waals surface area contributed by atoms with Crippen LogP contribution in [0, 0.1) is 47.3 Å². The van der Waals surface area contributed by atoms with Crippen molar-refractivity contribution in [1.82, 2.24) is 85.6 Å². The second-order valence-corrected chi connectivity index (χ2v) is 21.4. The van der Waals surface area contributed by atoms with E-state index in [1.54, 1.807) is 67.9 Å². The number of pyridine rings is 1. The van der Waals surface area contributed by atoms with Gasteiger partial charge in [-0.3, -0.25) is 4.98 Å². The molecule has 1 aliphatic rings. The van der Waals surface area contributed by atoms with E-state index in [1.165, 1.54) is 56.8 Å². The van der Waals surface area contributed by atoms with Crippen LogP contribution in [-0.2, 0) is 0 Å². The fraction of sp³-hybridized carbons (Fsp3) is 0.613. The van der Waals surface area contributed by atoms with Crippen LogP contribution in [0.25, 0.3) is 0 Å². The van der Waals surface area contributed by atoms with E-state index in [-0.39, 0.29) is 0 Å². The molecular formula is C80H161N17. The van der Waals surface area contributed by atoms with Crippen molar-refractivity contribution in [2.45, 2.75) is 283 Å². The molecule has 17 heteroatoms. The van der Waals surface area contributed by atoms with Crippen molar-refractivity contribution in [2.24, 2.45) is 47.3 Å². The maximum absolute atomic E-state index is 3.78. The molecule has 0 saturated carbocycles. The minimum absolute atomic E-state index is 0.833. The topological polar surface area (TPSA) is 219 Å². The minimum atomic E-state index is 0.833. The van der Waals surface area contributed by atoms with Gasteiger partial charge in [0.15, 0.2) is 12.7 Å². The molecule has 0 atom stereocenters. The predicted molar refractivity (Wildman–Crippen MR) is 435 cm³/mol. The van der Waals surface area contributed by atoms with E-state index in [0.717, 1.165) is 53.8 Å². The molecule has 7 aromatic rings. The summed E-state index contributed by atoms with van der Waals surface area (Å²) in [5, 5.41) is 27.4. The Morgan fingerprint density at radius 2 is 0.361 bits per heavy atom. The van der Waals surface area contributed by atoms with Crippen molar-refractivity contribution in [3.63, 3.8) is 0 Å². The highest BCUT2D eigenvalue weighted by Crippen LogP contribution is 1.92. The Morgan fingerprint density at radius 3 is 0.464 bits per heavy atom. The van der Waals surface area contributed by atoms with Crippen LogP contribution in [0.3, 0.4) is 0 Å². The zero-order valence-corrected chi connectivity index (χ0v) is 70.8. The van der Waals surface area contributed by atoms with Crippen LogP contribution < -0.4 is 0 Å². The molecule has 0 unspecified atom stereocenters. The van der Waals surface area contributed by atoms with Gasteiger partial charge in [-0.25, -0.2) is 39.9 Å². The van der Waals surface area contributed by atoms with E-state index in [1.807, 2.05) is 153 Å². The van der Waals surface area contributed by atoms with Gasteiger partial charge in [0.1, 0.15) is 38.0 Å². The van der Waals surface area contributed by atoms with Gasteiger partial charge in [0.2, 0.25) is 0 Å². The molecular weight excluding hydrogens is 1200 g/mol. The average Bonchev–Trinajstić information content (AvgIpc) is 3.98. The van der Waals surface area contributed by atoms with Crippen LogP contribution in [-0.4, -0.2) is 85.6 Å². The number of hydrogen-bond donors (Lipinski definition) is 0. The zero-order valence-electron chi connectivity index (χ0n) is 70.8. The van der Waals surface area contributed by atoms with Crippen molar-refractivity contribution in [3.8, 4) is 0 Å². The Labute approximate surface area is 605 Å². The quantitative estimate of drug-likeness (QED) is 0.138. The van der Waals surface area contributed by atoms with Crippen LogP contribution in [0.5, 0.6) is 0 Å². The summed E-state index contributed by atoms with van der Waals surface area (Å²) in [5.41, 5.74) is 0. The maximum Gasteiger partial charge on any atom is 0.160 e. The van der Waals surface area contributed by atoms with Gasteiger partial charge in [0.25, 0.3) is 0 Å². The van der Waals surface area contributed by atoms with Gasteiger partial charge in [-0.1, -0.05) is 319 Å². The van der Waals surface area contributed by atoms with Gasteiger partial charge in [-0.05, 0) is 90.2 Å². The van der Waals surface area contributed by atoms with Crippen molar-refractivity contribution in [1.29, 1.82) is 0 Å². The number of hydrogen-bond acceptors (Lipinski definition) is 17. The van der Waals surface area contributed by atoms with Crippen molar-refractivity contribution in [3.05, 3.63) is 192 Å². The lowest BCUT2D eigenvalue weighted by Crippen LogP contribution is -1.81. The van der Waals surface area contributed by atoms with E-state index in [2.05, 4.69) is 276 Å². The van der Waals surface area contributed by atoms with Crippen molar-refractivity contribution in [2.75, 3.05) is 0 Å².